The maximum absolute atomic E-state index is 12.2. The minimum Gasteiger partial charge on any atom is -0.490 e. The van der Waals surface area contributed by atoms with Crippen LogP contribution in [0.2, 0.25) is 0 Å². The fourth-order valence-corrected chi connectivity index (χ4v) is 3.14. The van der Waals surface area contributed by atoms with E-state index in [1.807, 2.05) is 36.4 Å². The second kappa shape index (κ2) is 10.2. The predicted octanol–water partition coefficient (Wildman–Crippen LogP) is 4.21. The van der Waals surface area contributed by atoms with Crippen molar-refractivity contribution in [2.45, 2.75) is 51.3 Å². The highest BCUT2D eigenvalue weighted by Crippen LogP contribution is 2.23. The third-order valence-electron chi connectivity index (χ3n) is 4.68. The van der Waals surface area contributed by atoms with Crippen LogP contribution in [0.15, 0.2) is 48.5 Å². The molecule has 0 spiro atoms. The summed E-state index contributed by atoms with van der Waals surface area (Å²) in [6, 6.07) is 15.4. The molecule has 0 radical (unpaired) electrons. The lowest BCUT2D eigenvalue weighted by Gasteiger charge is -2.23. The van der Waals surface area contributed by atoms with E-state index >= 15 is 0 Å². The van der Waals surface area contributed by atoms with Crippen molar-refractivity contribution in [2.75, 3.05) is 0 Å². The van der Waals surface area contributed by atoms with E-state index in [2.05, 4.69) is 5.32 Å². The van der Waals surface area contributed by atoms with Crippen LogP contribution in [0.25, 0.3) is 0 Å². The van der Waals surface area contributed by atoms with Gasteiger partial charge in [-0.1, -0.05) is 30.7 Å². The summed E-state index contributed by atoms with van der Waals surface area (Å²) in [4.78, 5) is 12.2. The standard InChI is InChI=1S/C21H26N2O2.ClH/c22-14-16-6-10-18(11-7-16)21(24)23-15-17-8-12-20(13-9-17)25-19-4-2-1-3-5-19;/h6-13,19H,1-5,14-15,22H2,(H,23,24);1H. The second-order valence-corrected chi connectivity index (χ2v) is 6.61. The number of nitrogens with two attached hydrogens (primary N) is 1. The quantitative estimate of drug-likeness (QED) is 0.796. The Hall–Kier alpha value is -2.04. The molecule has 2 aromatic rings. The zero-order valence-corrected chi connectivity index (χ0v) is 15.8. The van der Waals surface area contributed by atoms with Gasteiger partial charge in [-0.15, -0.1) is 12.4 Å². The van der Waals surface area contributed by atoms with Gasteiger partial charge in [0.1, 0.15) is 5.75 Å². The molecule has 0 bridgehead atoms. The van der Waals surface area contributed by atoms with Crippen LogP contribution in [0.5, 0.6) is 5.75 Å². The van der Waals surface area contributed by atoms with E-state index in [4.69, 9.17) is 10.5 Å². The molecule has 0 aliphatic heterocycles. The first-order valence-electron chi connectivity index (χ1n) is 9.07. The topological polar surface area (TPSA) is 64.4 Å². The highest BCUT2D eigenvalue weighted by atomic mass is 35.5. The molecular formula is C21H27ClN2O2. The second-order valence-electron chi connectivity index (χ2n) is 6.61. The van der Waals surface area contributed by atoms with Gasteiger partial charge in [0.2, 0.25) is 0 Å². The third-order valence-corrected chi connectivity index (χ3v) is 4.68. The average Bonchev–Trinajstić information content (AvgIpc) is 2.68. The lowest BCUT2D eigenvalue weighted by atomic mass is 9.98. The van der Waals surface area contributed by atoms with Gasteiger partial charge in [0.25, 0.3) is 5.91 Å². The summed E-state index contributed by atoms with van der Waals surface area (Å²) in [7, 11) is 0. The zero-order valence-electron chi connectivity index (χ0n) is 14.9. The van der Waals surface area contributed by atoms with Crippen LogP contribution in [-0.2, 0) is 13.1 Å². The van der Waals surface area contributed by atoms with Gasteiger partial charge in [-0.3, -0.25) is 4.79 Å². The number of rotatable bonds is 6. The maximum Gasteiger partial charge on any atom is 0.251 e. The van der Waals surface area contributed by atoms with Gasteiger partial charge in [-0.05, 0) is 61.1 Å². The molecule has 3 rings (SSSR count). The number of hydrogen-bond donors (Lipinski definition) is 2. The molecule has 5 heteroatoms. The van der Waals surface area contributed by atoms with Gasteiger partial charge in [0, 0.05) is 18.7 Å². The van der Waals surface area contributed by atoms with Crippen molar-refractivity contribution in [1.29, 1.82) is 0 Å². The molecule has 3 N–H and O–H groups in total. The Kier molecular flexibility index (Phi) is 7.95. The SMILES string of the molecule is Cl.NCc1ccc(C(=O)NCc2ccc(OC3CCCCC3)cc2)cc1. The normalized spacial score (nSPS) is 14.3. The maximum atomic E-state index is 12.2. The Balaban J connectivity index is 0.00000243. The van der Waals surface area contributed by atoms with Crippen molar-refractivity contribution >= 4 is 18.3 Å². The van der Waals surface area contributed by atoms with E-state index in [1.165, 1.54) is 19.3 Å². The fourth-order valence-electron chi connectivity index (χ4n) is 3.14. The van der Waals surface area contributed by atoms with Crippen molar-refractivity contribution < 1.29 is 9.53 Å². The smallest absolute Gasteiger partial charge is 0.251 e. The molecule has 1 aliphatic carbocycles. The number of benzene rings is 2. The van der Waals surface area contributed by atoms with E-state index in [9.17, 15) is 4.79 Å². The van der Waals surface area contributed by atoms with E-state index in [-0.39, 0.29) is 18.3 Å². The van der Waals surface area contributed by atoms with Gasteiger partial charge in [-0.25, -0.2) is 0 Å². The third kappa shape index (κ3) is 5.75. The van der Waals surface area contributed by atoms with Crippen LogP contribution in [0, 0.1) is 0 Å². The Morgan fingerprint density at radius 2 is 1.58 bits per heavy atom. The van der Waals surface area contributed by atoms with Gasteiger partial charge >= 0.3 is 0 Å². The zero-order chi connectivity index (χ0) is 17.5. The molecular weight excluding hydrogens is 348 g/mol. The molecule has 0 aromatic heterocycles. The first-order valence-corrected chi connectivity index (χ1v) is 9.07. The number of carbonyl (C=O) groups excluding carboxylic acids is 1. The van der Waals surface area contributed by atoms with Crippen LogP contribution in [-0.4, -0.2) is 12.0 Å². The van der Waals surface area contributed by atoms with Crippen LogP contribution in [0.1, 0.15) is 53.6 Å². The lowest BCUT2D eigenvalue weighted by molar-refractivity contribution is 0.0951. The fraction of sp³-hybridized carbons (Fsp3) is 0.381. The molecule has 0 atom stereocenters. The van der Waals surface area contributed by atoms with Gasteiger partial charge in [-0.2, -0.15) is 0 Å². The highest BCUT2D eigenvalue weighted by molar-refractivity contribution is 5.94. The molecule has 1 amide bonds. The summed E-state index contributed by atoms with van der Waals surface area (Å²) in [6.07, 6.45) is 6.52. The molecule has 0 unspecified atom stereocenters. The summed E-state index contributed by atoms with van der Waals surface area (Å²) >= 11 is 0. The van der Waals surface area contributed by atoms with Crippen molar-refractivity contribution in [1.82, 2.24) is 5.32 Å². The predicted molar refractivity (Wildman–Crippen MR) is 107 cm³/mol. The molecule has 1 aliphatic rings. The number of nitrogens with one attached hydrogen (secondary N) is 1. The minimum atomic E-state index is -0.0777. The summed E-state index contributed by atoms with van der Waals surface area (Å²) in [6.45, 7) is 0.984. The molecule has 26 heavy (non-hydrogen) atoms. The van der Waals surface area contributed by atoms with Gasteiger partial charge in [0.15, 0.2) is 0 Å². The molecule has 2 aromatic carbocycles. The number of hydrogen-bond acceptors (Lipinski definition) is 3. The van der Waals surface area contributed by atoms with E-state index in [1.54, 1.807) is 12.1 Å². The largest absolute Gasteiger partial charge is 0.490 e. The molecule has 1 fully saturated rings. The number of carbonyl (C=O) groups is 1. The summed E-state index contributed by atoms with van der Waals surface area (Å²) in [5.41, 5.74) is 8.30. The summed E-state index contributed by atoms with van der Waals surface area (Å²) in [5.74, 6) is 0.838. The number of ether oxygens (including phenoxy) is 1. The summed E-state index contributed by atoms with van der Waals surface area (Å²) < 4.78 is 6.03. The Morgan fingerprint density at radius 1 is 0.962 bits per heavy atom. The Bertz CT molecular complexity index is 680. The van der Waals surface area contributed by atoms with Crippen molar-refractivity contribution in [2.24, 2.45) is 5.73 Å². The minimum absolute atomic E-state index is 0. The van der Waals surface area contributed by atoms with Crippen LogP contribution >= 0.6 is 12.4 Å². The van der Waals surface area contributed by atoms with Crippen LogP contribution < -0.4 is 15.8 Å². The van der Waals surface area contributed by atoms with Crippen molar-refractivity contribution in [3.63, 3.8) is 0 Å². The van der Waals surface area contributed by atoms with E-state index < -0.39 is 0 Å². The molecule has 140 valence electrons. The molecule has 1 saturated carbocycles. The highest BCUT2D eigenvalue weighted by Gasteiger charge is 2.14. The number of halogens is 1. The average molecular weight is 375 g/mol. The van der Waals surface area contributed by atoms with Crippen molar-refractivity contribution in [3.05, 3.63) is 65.2 Å². The monoisotopic (exact) mass is 374 g/mol. The van der Waals surface area contributed by atoms with Crippen LogP contribution in [0.4, 0.5) is 0 Å². The first-order chi connectivity index (χ1) is 12.2. The van der Waals surface area contributed by atoms with Gasteiger partial charge < -0.3 is 15.8 Å². The lowest BCUT2D eigenvalue weighted by Crippen LogP contribution is -2.22. The molecule has 0 heterocycles. The van der Waals surface area contributed by atoms with E-state index in [0.717, 1.165) is 29.7 Å². The number of amides is 1. The Labute approximate surface area is 161 Å². The van der Waals surface area contributed by atoms with Crippen molar-refractivity contribution in [3.8, 4) is 5.75 Å². The molecule has 4 nitrogen and oxygen atoms in total. The molecule has 0 saturated heterocycles. The van der Waals surface area contributed by atoms with Gasteiger partial charge in [0.05, 0.1) is 6.10 Å². The Morgan fingerprint density at radius 3 is 2.19 bits per heavy atom. The van der Waals surface area contributed by atoms with E-state index in [0.29, 0.717) is 24.8 Å². The van der Waals surface area contributed by atoms with Crippen LogP contribution in [0.3, 0.4) is 0 Å². The summed E-state index contributed by atoms with van der Waals surface area (Å²) in [5, 5.41) is 2.94. The first kappa shape index (κ1) is 20.3.